The average Bonchev–Trinajstić information content (AvgIpc) is 3.44. The van der Waals surface area contributed by atoms with Crippen LogP contribution in [0.5, 0.6) is 0 Å². The molecule has 1 aliphatic carbocycles. The summed E-state index contributed by atoms with van der Waals surface area (Å²) >= 11 is 0. The minimum absolute atomic E-state index is 0.553. The highest BCUT2D eigenvalue weighted by Gasteiger charge is 2.63. The van der Waals surface area contributed by atoms with Crippen LogP contribution >= 0.6 is 0 Å². The van der Waals surface area contributed by atoms with Gasteiger partial charge in [-0.1, -0.05) is 72.8 Å². The molecule has 1 aliphatic heterocycles. The van der Waals surface area contributed by atoms with Crippen molar-refractivity contribution in [3.05, 3.63) is 83.9 Å². The van der Waals surface area contributed by atoms with Gasteiger partial charge in [0.1, 0.15) is 11.6 Å². The molecule has 1 heterocycles. The average molecular weight is 494 g/mol. The SMILES string of the molecule is COC(=O)C(C)(C(=O)OC)[C@H]1C=C[C@@](C)(OC)[C@@H]1N1C(=O)O[C@@H](c2ccccc2)[C@H]1c1ccccc1. The lowest BCUT2D eigenvalue weighted by Crippen LogP contribution is -2.59. The van der Waals surface area contributed by atoms with Gasteiger partial charge in [-0.25, -0.2) is 4.79 Å². The van der Waals surface area contributed by atoms with Gasteiger partial charge in [0.25, 0.3) is 0 Å². The van der Waals surface area contributed by atoms with E-state index in [4.69, 9.17) is 18.9 Å². The van der Waals surface area contributed by atoms with Crippen molar-refractivity contribution in [2.45, 2.75) is 37.6 Å². The zero-order valence-electron chi connectivity index (χ0n) is 21.0. The first-order valence-electron chi connectivity index (χ1n) is 11.7. The zero-order valence-corrected chi connectivity index (χ0v) is 21.0. The lowest BCUT2D eigenvalue weighted by molar-refractivity contribution is -0.174. The molecular formula is C28H31NO7. The molecule has 2 aromatic carbocycles. The highest BCUT2D eigenvalue weighted by molar-refractivity contribution is 6.00. The van der Waals surface area contributed by atoms with E-state index in [0.29, 0.717) is 0 Å². The Kier molecular flexibility index (Phi) is 6.91. The van der Waals surface area contributed by atoms with E-state index in [1.165, 1.54) is 28.3 Å². The number of carbonyl (C=O) groups is 3. The van der Waals surface area contributed by atoms with Crippen LogP contribution in [0, 0.1) is 11.3 Å². The van der Waals surface area contributed by atoms with Gasteiger partial charge >= 0.3 is 18.0 Å². The molecular weight excluding hydrogens is 462 g/mol. The zero-order chi connectivity index (χ0) is 26.1. The van der Waals surface area contributed by atoms with Gasteiger partial charge in [0.15, 0.2) is 11.5 Å². The van der Waals surface area contributed by atoms with Crippen LogP contribution in [0.25, 0.3) is 0 Å². The molecule has 0 N–H and O–H groups in total. The first-order chi connectivity index (χ1) is 17.2. The Morgan fingerprint density at radius 2 is 1.44 bits per heavy atom. The molecule has 2 aliphatic rings. The van der Waals surface area contributed by atoms with Gasteiger partial charge < -0.3 is 18.9 Å². The van der Waals surface area contributed by atoms with Crippen LogP contribution in [0.4, 0.5) is 4.79 Å². The fourth-order valence-corrected chi connectivity index (χ4v) is 5.44. The van der Waals surface area contributed by atoms with Crippen LogP contribution in [0.15, 0.2) is 72.8 Å². The Balaban J connectivity index is 1.90. The Hall–Kier alpha value is -3.65. The van der Waals surface area contributed by atoms with Crippen molar-refractivity contribution < 1.29 is 33.3 Å². The minimum Gasteiger partial charge on any atom is -0.468 e. The van der Waals surface area contributed by atoms with E-state index in [1.54, 1.807) is 17.1 Å². The molecule has 190 valence electrons. The van der Waals surface area contributed by atoms with Crippen LogP contribution in [-0.4, -0.2) is 55.9 Å². The predicted molar refractivity (Wildman–Crippen MR) is 131 cm³/mol. The number of esters is 2. The van der Waals surface area contributed by atoms with Crippen LogP contribution in [0.2, 0.25) is 0 Å². The molecule has 0 spiro atoms. The predicted octanol–water partition coefficient (Wildman–Crippen LogP) is 4.23. The largest absolute Gasteiger partial charge is 0.468 e. The number of methoxy groups -OCH3 is 3. The molecule has 0 aromatic heterocycles. The van der Waals surface area contributed by atoms with Gasteiger partial charge in [0.05, 0.1) is 20.3 Å². The Labute approximate surface area is 210 Å². The maximum absolute atomic E-state index is 13.7. The molecule has 2 aromatic rings. The third-order valence-electron chi connectivity index (χ3n) is 7.48. The molecule has 0 saturated carbocycles. The van der Waals surface area contributed by atoms with Crippen LogP contribution < -0.4 is 0 Å². The van der Waals surface area contributed by atoms with E-state index in [0.717, 1.165) is 11.1 Å². The topological polar surface area (TPSA) is 91.4 Å². The highest BCUT2D eigenvalue weighted by Crippen LogP contribution is 2.52. The summed E-state index contributed by atoms with van der Waals surface area (Å²) in [6, 6.07) is 17.7. The molecule has 0 radical (unpaired) electrons. The molecule has 0 bridgehead atoms. The molecule has 0 unspecified atom stereocenters. The van der Waals surface area contributed by atoms with E-state index in [9.17, 15) is 14.4 Å². The first kappa shape index (κ1) is 25.4. The van der Waals surface area contributed by atoms with E-state index in [2.05, 4.69) is 0 Å². The first-order valence-corrected chi connectivity index (χ1v) is 11.7. The van der Waals surface area contributed by atoms with Crippen molar-refractivity contribution in [2.75, 3.05) is 21.3 Å². The minimum atomic E-state index is -1.74. The normalized spacial score (nSPS) is 27.6. The number of hydrogen-bond acceptors (Lipinski definition) is 7. The van der Waals surface area contributed by atoms with Crippen LogP contribution in [0.1, 0.15) is 37.1 Å². The number of benzene rings is 2. The third-order valence-corrected chi connectivity index (χ3v) is 7.48. The molecule has 36 heavy (non-hydrogen) atoms. The van der Waals surface area contributed by atoms with Crippen molar-refractivity contribution in [1.29, 1.82) is 0 Å². The lowest BCUT2D eigenvalue weighted by Gasteiger charge is -2.44. The molecule has 5 atom stereocenters. The number of nitrogens with zero attached hydrogens (tertiary/aromatic N) is 1. The highest BCUT2D eigenvalue weighted by atomic mass is 16.6. The summed E-state index contributed by atoms with van der Waals surface area (Å²) in [6.07, 6.45) is 2.31. The van der Waals surface area contributed by atoms with Crippen molar-refractivity contribution in [2.24, 2.45) is 11.3 Å². The summed E-state index contributed by atoms with van der Waals surface area (Å²) in [5.74, 6) is -2.36. The summed E-state index contributed by atoms with van der Waals surface area (Å²) in [4.78, 5) is 41.4. The quantitative estimate of drug-likeness (QED) is 0.247. The van der Waals surface area contributed by atoms with Crippen LogP contribution in [0.3, 0.4) is 0 Å². The third kappa shape index (κ3) is 3.95. The van der Waals surface area contributed by atoms with Crippen molar-refractivity contribution in [3.8, 4) is 0 Å². The fourth-order valence-electron chi connectivity index (χ4n) is 5.44. The fraction of sp³-hybridized carbons (Fsp3) is 0.393. The van der Waals surface area contributed by atoms with Gasteiger partial charge in [0, 0.05) is 13.0 Å². The molecule has 4 rings (SSSR count). The van der Waals surface area contributed by atoms with Gasteiger partial charge in [-0.2, -0.15) is 0 Å². The monoisotopic (exact) mass is 493 g/mol. The van der Waals surface area contributed by atoms with E-state index in [-0.39, 0.29) is 0 Å². The standard InChI is InChI=1S/C28H31NO7/c1-27(35-5)17-16-20(28(2,24(30)33-3)25(31)34-4)23(27)29-21(18-12-8-6-9-13-18)22(36-26(29)32)19-14-10-7-11-15-19/h6-17,20-23H,1-5H3/t20-,21+,22-,23+,27+/m0/s1. The Morgan fingerprint density at radius 3 is 1.94 bits per heavy atom. The molecule has 8 nitrogen and oxygen atoms in total. The number of rotatable bonds is 7. The van der Waals surface area contributed by atoms with Crippen LogP contribution in [-0.2, 0) is 28.5 Å². The van der Waals surface area contributed by atoms with E-state index >= 15 is 0 Å². The lowest BCUT2D eigenvalue weighted by atomic mass is 9.71. The number of hydrogen-bond donors (Lipinski definition) is 0. The van der Waals surface area contributed by atoms with Gasteiger partial charge in [-0.05, 0) is 25.0 Å². The number of cyclic esters (lactones) is 1. The summed E-state index contributed by atoms with van der Waals surface area (Å²) in [5, 5.41) is 0. The van der Waals surface area contributed by atoms with Gasteiger partial charge in [-0.3, -0.25) is 14.5 Å². The second-order valence-electron chi connectivity index (χ2n) is 9.38. The van der Waals surface area contributed by atoms with Crippen molar-refractivity contribution in [1.82, 2.24) is 4.90 Å². The molecule has 1 fully saturated rings. The number of amides is 1. The summed E-state index contributed by atoms with van der Waals surface area (Å²) in [6.45, 7) is 3.29. The molecule has 8 heteroatoms. The van der Waals surface area contributed by atoms with Gasteiger partial charge in [-0.15, -0.1) is 0 Å². The summed E-state index contributed by atoms with van der Waals surface area (Å²) < 4.78 is 22.0. The summed E-state index contributed by atoms with van der Waals surface area (Å²) in [5.41, 5.74) is -1.11. The maximum atomic E-state index is 13.7. The van der Waals surface area contributed by atoms with Gasteiger partial charge in [0.2, 0.25) is 0 Å². The Morgan fingerprint density at radius 1 is 0.917 bits per heavy atom. The molecule has 1 amide bonds. The Bertz CT molecular complexity index is 1130. The van der Waals surface area contributed by atoms with E-state index < -0.39 is 53.2 Å². The maximum Gasteiger partial charge on any atom is 0.411 e. The van der Waals surface area contributed by atoms with E-state index in [1.807, 2.05) is 67.6 Å². The smallest absolute Gasteiger partial charge is 0.411 e. The molecule has 1 saturated heterocycles. The number of carbonyl (C=O) groups excluding carboxylic acids is 3. The van der Waals surface area contributed by atoms with Crippen molar-refractivity contribution >= 4 is 18.0 Å². The number of ether oxygens (including phenoxy) is 4. The second-order valence-corrected chi connectivity index (χ2v) is 9.38. The van der Waals surface area contributed by atoms with Crippen molar-refractivity contribution in [3.63, 3.8) is 0 Å². The second kappa shape index (κ2) is 9.78. The summed E-state index contributed by atoms with van der Waals surface area (Å²) in [7, 11) is 3.96.